The molecule has 3 aromatic heterocycles. The minimum Gasteiger partial charge on any atom is -0.373 e. The number of rotatable bonds is 7. The van der Waals surface area contributed by atoms with Gasteiger partial charge in [-0.05, 0) is 30.2 Å². The summed E-state index contributed by atoms with van der Waals surface area (Å²) in [5, 5.41) is 3.00. The molecular weight excluding hydrogens is 370 g/mol. The van der Waals surface area contributed by atoms with Crippen molar-refractivity contribution >= 4 is 28.7 Å². The molecule has 0 aliphatic carbocycles. The first-order valence-electron chi connectivity index (χ1n) is 9.35. The smallest absolute Gasteiger partial charge is 0.295 e. The molecule has 1 amide bonds. The van der Waals surface area contributed by atoms with Crippen molar-refractivity contribution in [2.24, 2.45) is 11.7 Å². The Morgan fingerprint density at radius 1 is 1.24 bits per heavy atom. The zero-order valence-corrected chi connectivity index (χ0v) is 17.0. The first-order chi connectivity index (χ1) is 13.8. The lowest BCUT2D eigenvalue weighted by atomic mass is 9.99. The summed E-state index contributed by atoms with van der Waals surface area (Å²) in [5.41, 5.74) is 6.70. The van der Waals surface area contributed by atoms with Gasteiger partial charge in [0.05, 0.1) is 18.3 Å². The van der Waals surface area contributed by atoms with Crippen LogP contribution in [0.1, 0.15) is 25.6 Å². The lowest BCUT2D eigenvalue weighted by molar-refractivity contribution is -0.116. The summed E-state index contributed by atoms with van der Waals surface area (Å²) in [6, 6.07) is 8.82. The maximum atomic E-state index is 13.5. The molecule has 0 spiro atoms. The van der Waals surface area contributed by atoms with Gasteiger partial charge in [0.15, 0.2) is 11.5 Å². The van der Waals surface area contributed by atoms with E-state index < -0.39 is 5.91 Å². The third-order valence-electron chi connectivity index (χ3n) is 4.63. The van der Waals surface area contributed by atoms with Crippen LogP contribution in [0.15, 0.2) is 41.3 Å². The molecule has 0 fully saturated rings. The number of anilines is 2. The normalized spacial score (nSPS) is 12.2. The van der Waals surface area contributed by atoms with Crippen LogP contribution in [0.2, 0.25) is 0 Å². The van der Waals surface area contributed by atoms with E-state index in [1.807, 2.05) is 32.0 Å². The van der Waals surface area contributed by atoms with Crippen molar-refractivity contribution in [2.45, 2.75) is 19.9 Å². The Balaban J connectivity index is 2.36. The van der Waals surface area contributed by atoms with Gasteiger partial charge in [0.1, 0.15) is 11.3 Å². The maximum Gasteiger partial charge on any atom is 0.295 e. The largest absolute Gasteiger partial charge is 0.373 e. The Labute approximate surface area is 168 Å². The fourth-order valence-corrected chi connectivity index (χ4v) is 3.35. The molecule has 0 radical (unpaired) electrons. The third kappa shape index (κ3) is 4.03. The van der Waals surface area contributed by atoms with Crippen molar-refractivity contribution in [1.82, 2.24) is 19.5 Å². The number of pyridine rings is 2. The molecular formula is C20H25N7O2. The Kier molecular flexibility index (Phi) is 5.76. The highest BCUT2D eigenvalue weighted by atomic mass is 16.1. The molecule has 0 bridgehead atoms. The number of primary amides is 1. The molecule has 9 heteroatoms. The molecule has 0 saturated heterocycles. The zero-order valence-electron chi connectivity index (χ0n) is 17.0. The zero-order chi connectivity index (χ0) is 21.1. The topological polar surface area (TPSA) is 119 Å². The number of carbonyl (C=O) groups excluding carboxylic acids is 1. The van der Waals surface area contributed by atoms with E-state index in [2.05, 4.69) is 20.3 Å². The summed E-state index contributed by atoms with van der Waals surface area (Å²) in [4.78, 5) is 40.0. The van der Waals surface area contributed by atoms with Crippen LogP contribution in [-0.4, -0.2) is 46.1 Å². The van der Waals surface area contributed by atoms with Crippen LogP contribution < -0.4 is 21.5 Å². The van der Waals surface area contributed by atoms with Gasteiger partial charge in [0.2, 0.25) is 5.91 Å². The van der Waals surface area contributed by atoms with Crippen LogP contribution in [0.25, 0.3) is 11.2 Å². The summed E-state index contributed by atoms with van der Waals surface area (Å²) in [7, 11) is 3.38. The molecule has 0 aromatic carbocycles. The Hall–Kier alpha value is -3.49. The van der Waals surface area contributed by atoms with Crippen LogP contribution in [0, 0.1) is 5.92 Å². The van der Waals surface area contributed by atoms with Gasteiger partial charge in [-0.1, -0.05) is 19.9 Å². The molecule has 9 nitrogen and oxygen atoms in total. The SMILES string of the molecule is CNc1ccc2nc(N(C)CC(N)=O)c(=O)n([C@H](c3ccccn3)C(C)C)c2n1. The predicted molar refractivity (Wildman–Crippen MR) is 113 cm³/mol. The number of aromatic nitrogens is 4. The number of likely N-dealkylation sites (N-methyl/N-ethyl adjacent to an activating group) is 1. The van der Waals surface area contributed by atoms with Crippen LogP contribution in [0.3, 0.4) is 0 Å². The van der Waals surface area contributed by atoms with Crippen molar-refractivity contribution in [1.29, 1.82) is 0 Å². The molecule has 29 heavy (non-hydrogen) atoms. The quantitative estimate of drug-likeness (QED) is 0.620. The fourth-order valence-electron chi connectivity index (χ4n) is 3.35. The van der Waals surface area contributed by atoms with Gasteiger partial charge in [-0.2, -0.15) is 0 Å². The first-order valence-corrected chi connectivity index (χ1v) is 9.35. The van der Waals surface area contributed by atoms with E-state index in [0.717, 1.165) is 5.69 Å². The van der Waals surface area contributed by atoms with E-state index in [1.54, 1.807) is 37.0 Å². The summed E-state index contributed by atoms with van der Waals surface area (Å²) in [6.07, 6.45) is 1.70. The Bertz CT molecular complexity index is 1080. The van der Waals surface area contributed by atoms with Gasteiger partial charge in [-0.15, -0.1) is 0 Å². The van der Waals surface area contributed by atoms with Gasteiger partial charge in [-0.3, -0.25) is 19.1 Å². The molecule has 3 N–H and O–H groups in total. The number of nitrogens with zero attached hydrogens (tertiary/aromatic N) is 5. The molecule has 0 saturated carbocycles. The van der Waals surface area contributed by atoms with Crippen LogP contribution >= 0.6 is 0 Å². The second-order valence-corrected chi connectivity index (χ2v) is 7.17. The molecule has 1 atom stereocenters. The van der Waals surface area contributed by atoms with E-state index in [4.69, 9.17) is 5.73 Å². The van der Waals surface area contributed by atoms with Gasteiger partial charge in [0.25, 0.3) is 5.56 Å². The Morgan fingerprint density at radius 2 is 2.00 bits per heavy atom. The number of nitrogens with two attached hydrogens (primary N) is 1. The minimum atomic E-state index is -0.547. The van der Waals surface area contributed by atoms with Crippen molar-refractivity contribution in [3.8, 4) is 0 Å². The standard InChI is InChI=1S/C20H25N7O2/c1-12(2)17(13-7-5-6-10-23-13)27-18-14(8-9-16(22-3)25-18)24-19(20(27)29)26(4)11-15(21)28/h5-10,12,17H,11H2,1-4H3,(H2,21,28)(H,22,25)/t17-/m0/s1. The van der Waals surface area contributed by atoms with Gasteiger partial charge >= 0.3 is 0 Å². The number of hydrogen-bond acceptors (Lipinski definition) is 7. The molecule has 3 aromatic rings. The third-order valence-corrected chi connectivity index (χ3v) is 4.63. The highest BCUT2D eigenvalue weighted by Crippen LogP contribution is 2.27. The van der Waals surface area contributed by atoms with E-state index >= 15 is 0 Å². The minimum absolute atomic E-state index is 0.0440. The average molecular weight is 395 g/mol. The van der Waals surface area contributed by atoms with E-state index in [-0.39, 0.29) is 29.9 Å². The Morgan fingerprint density at radius 3 is 2.59 bits per heavy atom. The average Bonchev–Trinajstić information content (AvgIpc) is 2.69. The van der Waals surface area contributed by atoms with Crippen molar-refractivity contribution in [3.05, 3.63) is 52.6 Å². The lowest BCUT2D eigenvalue weighted by Gasteiger charge is -2.26. The molecule has 0 aliphatic heterocycles. The van der Waals surface area contributed by atoms with E-state index in [0.29, 0.717) is 17.0 Å². The molecule has 3 rings (SSSR count). The second kappa shape index (κ2) is 8.26. The summed E-state index contributed by atoms with van der Waals surface area (Å²) >= 11 is 0. The van der Waals surface area contributed by atoms with E-state index in [9.17, 15) is 9.59 Å². The fraction of sp³-hybridized carbons (Fsp3) is 0.350. The molecule has 3 heterocycles. The highest BCUT2D eigenvalue weighted by molar-refractivity contribution is 5.80. The number of carbonyl (C=O) groups is 1. The van der Waals surface area contributed by atoms with E-state index in [1.165, 1.54) is 4.90 Å². The van der Waals surface area contributed by atoms with Gasteiger partial charge < -0.3 is 16.0 Å². The summed E-state index contributed by atoms with van der Waals surface area (Å²) in [6.45, 7) is 3.92. The number of amides is 1. The van der Waals surface area contributed by atoms with Gasteiger partial charge in [-0.25, -0.2) is 9.97 Å². The maximum absolute atomic E-state index is 13.5. The van der Waals surface area contributed by atoms with Crippen LogP contribution in [-0.2, 0) is 4.79 Å². The molecule has 0 unspecified atom stereocenters. The molecule has 152 valence electrons. The van der Waals surface area contributed by atoms with Crippen molar-refractivity contribution in [3.63, 3.8) is 0 Å². The number of fused-ring (bicyclic) bond motifs is 1. The van der Waals surface area contributed by atoms with Crippen molar-refractivity contribution < 1.29 is 4.79 Å². The summed E-state index contributed by atoms with van der Waals surface area (Å²) in [5.74, 6) is 0.253. The molecule has 0 aliphatic rings. The first kappa shape index (κ1) is 20.2. The second-order valence-electron chi connectivity index (χ2n) is 7.17. The van der Waals surface area contributed by atoms with Gasteiger partial charge in [0, 0.05) is 20.3 Å². The van der Waals surface area contributed by atoms with Crippen LogP contribution in [0.5, 0.6) is 0 Å². The number of nitrogens with one attached hydrogen (secondary N) is 1. The lowest BCUT2D eigenvalue weighted by Crippen LogP contribution is -2.39. The summed E-state index contributed by atoms with van der Waals surface area (Å²) < 4.78 is 1.61. The number of hydrogen-bond donors (Lipinski definition) is 2. The monoisotopic (exact) mass is 395 g/mol. The highest BCUT2D eigenvalue weighted by Gasteiger charge is 2.26. The predicted octanol–water partition coefficient (Wildman–Crippen LogP) is 1.40. The van der Waals surface area contributed by atoms with Crippen LogP contribution in [0.4, 0.5) is 11.6 Å². The van der Waals surface area contributed by atoms with Crippen molar-refractivity contribution in [2.75, 3.05) is 30.9 Å².